The van der Waals surface area contributed by atoms with Crippen LogP contribution >= 0.6 is 0 Å². The number of nitrogens with zero attached hydrogens (tertiary/aromatic N) is 4. The Balaban J connectivity index is 1.40. The number of hydrogen-bond donors (Lipinski definition) is 0. The van der Waals surface area contributed by atoms with Crippen LogP contribution in [0.5, 0.6) is 5.75 Å². The molecule has 0 N–H and O–H groups in total. The van der Waals surface area contributed by atoms with E-state index >= 15 is 0 Å². The zero-order valence-corrected chi connectivity index (χ0v) is 13.6. The highest BCUT2D eigenvalue weighted by Crippen LogP contribution is 2.44. The molecule has 2 fully saturated rings. The van der Waals surface area contributed by atoms with E-state index in [-0.39, 0.29) is 5.82 Å². The van der Waals surface area contributed by atoms with E-state index in [1.54, 1.807) is 12.1 Å². The van der Waals surface area contributed by atoms with Gasteiger partial charge in [-0.25, -0.2) is 4.39 Å². The number of rotatable bonds is 4. The van der Waals surface area contributed by atoms with E-state index < -0.39 is 0 Å². The molecule has 2 heterocycles. The van der Waals surface area contributed by atoms with Crippen LogP contribution in [0.15, 0.2) is 18.2 Å². The van der Waals surface area contributed by atoms with Crippen molar-refractivity contribution >= 4 is 0 Å². The second-order valence-corrected chi connectivity index (χ2v) is 7.16. The van der Waals surface area contributed by atoms with Crippen molar-refractivity contribution in [1.29, 1.82) is 0 Å². The van der Waals surface area contributed by atoms with E-state index in [4.69, 9.17) is 4.74 Å². The maximum atomic E-state index is 13.6. The Bertz CT molecular complexity index is 766. The number of aromatic nitrogens is 3. The topological polar surface area (TPSA) is 43.2 Å². The predicted octanol–water partition coefficient (Wildman–Crippen LogP) is 3.02. The van der Waals surface area contributed by atoms with Crippen LogP contribution in [0.3, 0.4) is 0 Å². The van der Waals surface area contributed by atoms with Crippen molar-refractivity contribution in [2.24, 2.45) is 0 Å². The van der Waals surface area contributed by atoms with Crippen LogP contribution in [0, 0.1) is 5.82 Å². The van der Waals surface area contributed by atoms with Crippen LogP contribution in [0.25, 0.3) is 0 Å². The largest absolute Gasteiger partial charge is 0.492 e. The first-order chi connectivity index (χ1) is 11.8. The molecule has 0 atom stereocenters. The van der Waals surface area contributed by atoms with Crippen LogP contribution in [0.1, 0.15) is 54.9 Å². The minimum absolute atomic E-state index is 0.212. The summed E-state index contributed by atoms with van der Waals surface area (Å²) in [5.74, 6) is 3.44. The maximum absolute atomic E-state index is 13.6. The van der Waals surface area contributed by atoms with Crippen LogP contribution in [0.4, 0.5) is 4.39 Å². The first kappa shape index (κ1) is 14.4. The molecule has 2 saturated carbocycles. The number of fused-ring (bicyclic) bond motifs is 1. The van der Waals surface area contributed by atoms with Gasteiger partial charge in [-0.1, -0.05) is 0 Å². The summed E-state index contributed by atoms with van der Waals surface area (Å²) in [7, 11) is 0. The zero-order chi connectivity index (χ0) is 16.1. The molecule has 126 valence electrons. The fourth-order valence-corrected chi connectivity index (χ4v) is 3.55. The lowest BCUT2D eigenvalue weighted by Gasteiger charge is -2.19. The van der Waals surface area contributed by atoms with E-state index in [1.165, 1.54) is 37.6 Å². The lowest BCUT2D eigenvalue weighted by Crippen LogP contribution is -2.27. The summed E-state index contributed by atoms with van der Waals surface area (Å²) in [5.41, 5.74) is 0.910. The molecule has 0 spiro atoms. The van der Waals surface area contributed by atoms with Gasteiger partial charge < -0.3 is 9.30 Å². The molecule has 0 bridgehead atoms. The van der Waals surface area contributed by atoms with Crippen LogP contribution in [-0.4, -0.2) is 32.8 Å². The molecule has 5 nitrogen and oxygen atoms in total. The fraction of sp³-hybridized carbons (Fsp3) is 0.556. The second kappa shape index (κ2) is 5.55. The molecular formula is C18H21FN4O. The summed E-state index contributed by atoms with van der Waals surface area (Å²) in [4.78, 5) is 2.28. The Hall–Kier alpha value is -1.95. The Morgan fingerprint density at radius 3 is 2.83 bits per heavy atom. The molecule has 6 heteroatoms. The van der Waals surface area contributed by atoms with Crippen LogP contribution in [0.2, 0.25) is 0 Å². The molecule has 2 aliphatic carbocycles. The molecule has 2 aromatic rings. The van der Waals surface area contributed by atoms with Crippen molar-refractivity contribution in [3.05, 3.63) is 41.2 Å². The van der Waals surface area contributed by atoms with E-state index in [0.717, 1.165) is 30.2 Å². The minimum Gasteiger partial charge on any atom is -0.492 e. The molecule has 0 saturated heterocycles. The normalized spacial score (nSPS) is 21.2. The van der Waals surface area contributed by atoms with Gasteiger partial charge in [0.2, 0.25) is 0 Å². The third-order valence-electron chi connectivity index (χ3n) is 5.09. The lowest BCUT2D eigenvalue weighted by atomic mass is 10.2. The molecule has 0 unspecified atom stereocenters. The van der Waals surface area contributed by atoms with E-state index in [9.17, 15) is 4.39 Å². The molecule has 3 aliphatic rings. The summed E-state index contributed by atoms with van der Waals surface area (Å²) >= 11 is 0. The second-order valence-electron chi connectivity index (χ2n) is 7.16. The average Bonchev–Trinajstić information content (AvgIpc) is 3.46. The first-order valence-corrected chi connectivity index (χ1v) is 8.85. The van der Waals surface area contributed by atoms with Gasteiger partial charge in [-0.05, 0) is 43.9 Å². The fourth-order valence-electron chi connectivity index (χ4n) is 3.55. The summed E-state index contributed by atoms with van der Waals surface area (Å²) in [6, 6.07) is 5.36. The Kier molecular flexibility index (Phi) is 3.33. The van der Waals surface area contributed by atoms with E-state index in [1.807, 2.05) is 0 Å². The average molecular weight is 328 g/mol. The van der Waals surface area contributed by atoms with Gasteiger partial charge in [0.25, 0.3) is 0 Å². The molecule has 1 aromatic heterocycles. The van der Waals surface area contributed by atoms with Gasteiger partial charge in [-0.15, -0.1) is 10.2 Å². The number of ether oxygens (including phenoxy) is 1. The van der Waals surface area contributed by atoms with Gasteiger partial charge in [0, 0.05) is 30.6 Å². The van der Waals surface area contributed by atoms with Gasteiger partial charge in [0.05, 0.1) is 6.54 Å². The minimum atomic E-state index is -0.212. The van der Waals surface area contributed by atoms with Crippen molar-refractivity contribution in [3.63, 3.8) is 0 Å². The Labute approximate surface area is 140 Å². The van der Waals surface area contributed by atoms with Crippen molar-refractivity contribution in [3.8, 4) is 5.75 Å². The van der Waals surface area contributed by atoms with Crippen LogP contribution < -0.4 is 4.74 Å². The van der Waals surface area contributed by atoms with Gasteiger partial charge in [0.1, 0.15) is 29.8 Å². The molecule has 24 heavy (non-hydrogen) atoms. The summed E-state index contributed by atoms with van der Waals surface area (Å²) in [5, 5.41) is 8.98. The lowest BCUT2D eigenvalue weighted by molar-refractivity contribution is 0.213. The van der Waals surface area contributed by atoms with Gasteiger partial charge >= 0.3 is 0 Å². The highest BCUT2D eigenvalue weighted by atomic mass is 19.1. The molecule has 1 aromatic carbocycles. The summed E-state index contributed by atoms with van der Waals surface area (Å²) in [6.07, 6.45) is 4.97. The van der Waals surface area contributed by atoms with Gasteiger partial charge in [0.15, 0.2) is 0 Å². The third-order valence-corrected chi connectivity index (χ3v) is 5.09. The van der Waals surface area contributed by atoms with Crippen molar-refractivity contribution < 1.29 is 9.13 Å². The van der Waals surface area contributed by atoms with Gasteiger partial charge in [-0.2, -0.15) is 0 Å². The highest BCUT2D eigenvalue weighted by molar-refractivity contribution is 5.34. The van der Waals surface area contributed by atoms with Crippen molar-refractivity contribution in [2.75, 3.05) is 13.2 Å². The zero-order valence-electron chi connectivity index (χ0n) is 13.6. The highest BCUT2D eigenvalue weighted by Gasteiger charge is 2.36. The van der Waals surface area contributed by atoms with Crippen molar-refractivity contribution in [1.82, 2.24) is 19.7 Å². The number of hydrogen-bond acceptors (Lipinski definition) is 4. The molecule has 5 rings (SSSR count). The SMILES string of the molecule is Fc1ccc2c(c1)CN(Cc1nnc(C3CC3)n1C1CC1)CCO2. The molecule has 1 aliphatic heterocycles. The first-order valence-electron chi connectivity index (χ1n) is 8.85. The Morgan fingerprint density at radius 2 is 2.04 bits per heavy atom. The summed E-state index contributed by atoms with van der Waals surface area (Å²) < 4.78 is 21.7. The number of benzene rings is 1. The quantitative estimate of drug-likeness (QED) is 0.865. The predicted molar refractivity (Wildman–Crippen MR) is 86.3 cm³/mol. The monoisotopic (exact) mass is 328 g/mol. The summed E-state index contributed by atoms with van der Waals surface area (Å²) in [6.45, 7) is 2.86. The smallest absolute Gasteiger partial charge is 0.147 e. The van der Waals surface area contributed by atoms with E-state index in [2.05, 4.69) is 19.7 Å². The van der Waals surface area contributed by atoms with Crippen LogP contribution in [-0.2, 0) is 13.1 Å². The van der Waals surface area contributed by atoms with E-state index in [0.29, 0.717) is 25.1 Å². The van der Waals surface area contributed by atoms with Gasteiger partial charge in [-0.3, -0.25) is 4.90 Å². The number of halogens is 1. The van der Waals surface area contributed by atoms with Crippen molar-refractivity contribution in [2.45, 2.75) is 50.7 Å². The molecular weight excluding hydrogens is 307 g/mol. The Morgan fingerprint density at radius 1 is 1.17 bits per heavy atom. The standard InChI is InChI=1S/C18H21FN4O/c19-14-3-6-16-13(9-14)10-22(7-8-24-16)11-17-20-21-18(12-1-2-12)23(17)15-4-5-15/h3,6,9,12,15H,1-2,4-5,7-8,10-11H2. The third kappa shape index (κ3) is 2.69. The molecule has 0 radical (unpaired) electrons. The maximum Gasteiger partial charge on any atom is 0.147 e. The molecule has 0 amide bonds.